The second kappa shape index (κ2) is 9.44. The van der Waals surface area contributed by atoms with E-state index in [-0.39, 0.29) is 16.9 Å². The summed E-state index contributed by atoms with van der Waals surface area (Å²) < 4.78 is 52.4. The van der Waals surface area contributed by atoms with Crippen LogP contribution in [0.15, 0.2) is 60.7 Å². The van der Waals surface area contributed by atoms with Crippen LogP contribution in [0, 0.1) is 17.5 Å². The lowest BCUT2D eigenvalue weighted by Gasteiger charge is -2.26. The highest BCUT2D eigenvalue weighted by Crippen LogP contribution is 2.43. The minimum Gasteiger partial charge on any atom is -0.492 e. The first kappa shape index (κ1) is 22.4. The third-order valence-corrected chi connectivity index (χ3v) is 6.10. The van der Waals surface area contributed by atoms with E-state index in [1.54, 1.807) is 30.3 Å². The molecule has 0 saturated carbocycles. The first-order valence-electron chi connectivity index (χ1n) is 11.1. The largest absolute Gasteiger partial charge is 0.492 e. The van der Waals surface area contributed by atoms with Crippen molar-refractivity contribution in [2.75, 3.05) is 39.5 Å². The summed E-state index contributed by atoms with van der Waals surface area (Å²) in [5, 5.41) is 0. The maximum Gasteiger partial charge on any atom is 0.195 e. The summed E-state index contributed by atoms with van der Waals surface area (Å²) >= 11 is 0. The van der Waals surface area contributed by atoms with Crippen molar-refractivity contribution in [3.05, 3.63) is 100 Å². The summed E-state index contributed by atoms with van der Waals surface area (Å²) in [6.45, 7) is 4.33. The van der Waals surface area contributed by atoms with Crippen molar-refractivity contribution >= 4 is 16.9 Å². The lowest BCUT2D eigenvalue weighted by molar-refractivity contribution is 0.0322. The molecule has 0 spiro atoms. The third-order valence-electron chi connectivity index (χ3n) is 6.10. The topological polar surface area (TPSA) is 38.8 Å². The molecule has 174 valence electrons. The van der Waals surface area contributed by atoms with E-state index in [0.717, 1.165) is 31.8 Å². The minimum absolute atomic E-state index is 0.242. The number of rotatable bonds is 6. The van der Waals surface area contributed by atoms with E-state index in [4.69, 9.17) is 9.47 Å². The number of nitrogens with zero attached hydrogens (tertiary/aromatic N) is 1. The second-order valence-corrected chi connectivity index (χ2v) is 8.22. The fourth-order valence-corrected chi connectivity index (χ4v) is 4.36. The van der Waals surface area contributed by atoms with Crippen molar-refractivity contribution in [3.63, 3.8) is 0 Å². The predicted octanol–water partition coefficient (Wildman–Crippen LogP) is 4.97. The monoisotopic (exact) mass is 465 g/mol. The van der Waals surface area contributed by atoms with Gasteiger partial charge in [0.1, 0.15) is 18.2 Å². The van der Waals surface area contributed by atoms with Gasteiger partial charge in [0.2, 0.25) is 0 Å². The van der Waals surface area contributed by atoms with E-state index in [9.17, 15) is 18.0 Å². The molecule has 3 aromatic carbocycles. The molecule has 7 heteroatoms. The second-order valence-electron chi connectivity index (χ2n) is 8.22. The van der Waals surface area contributed by atoms with Crippen molar-refractivity contribution in [3.8, 4) is 5.75 Å². The molecule has 0 N–H and O–H groups in total. The Balaban J connectivity index is 1.48. The van der Waals surface area contributed by atoms with Crippen molar-refractivity contribution in [2.24, 2.45) is 0 Å². The molecule has 0 atom stereocenters. The molecule has 1 aliphatic carbocycles. The van der Waals surface area contributed by atoms with Crippen LogP contribution in [0.5, 0.6) is 5.75 Å². The Kier molecular flexibility index (Phi) is 6.22. The van der Waals surface area contributed by atoms with Crippen LogP contribution in [0.1, 0.15) is 27.0 Å². The molecular formula is C27H22F3NO3. The fraction of sp³-hybridized carbons (Fsp3) is 0.222. The van der Waals surface area contributed by atoms with Crippen LogP contribution in [0.4, 0.5) is 13.2 Å². The van der Waals surface area contributed by atoms with Crippen molar-refractivity contribution in [1.29, 1.82) is 0 Å². The summed E-state index contributed by atoms with van der Waals surface area (Å²) in [4.78, 5) is 15.7. The number of morpholine rings is 1. The van der Waals surface area contributed by atoms with Crippen LogP contribution in [-0.4, -0.2) is 50.1 Å². The third kappa shape index (κ3) is 4.36. The molecular weight excluding hydrogens is 443 g/mol. The maximum absolute atomic E-state index is 14.0. The van der Waals surface area contributed by atoms with Crippen LogP contribution >= 0.6 is 0 Å². The average Bonchev–Trinajstić information content (AvgIpc) is 3.14. The SMILES string of the molecule is O=C1C(c2ccc(F)c(F)c2)=C(c2ccc(F)cc2)c2ccc(OCCN3CCOCC3)cc21. The van der Waals surface area contributed by atoms with E-state index in [1.807, 2.05) is 0 Å². The molecule has 5 rings (SSSR count). The molecule has 2 aliphatic rings. The number of hydrogen-bond acceptors (Lipinski definition) is 4. The zero-order valence-corrected chi connectivity index (χ0v) is 18.3. The highest BCUT2D eigenvalue weighted by molar-refractivity contribution is 6.41. The van der Waals surface area contributed by atoms with Gasteiger partial charge >= 0.3 is 0 Å². The number of carbonyl (C=O) groups is 1. The summed E-state index contributed by atoms with van der Waals surface area (Å²) in [6, 6.07) is 14.4. The lowest BCUT2D eigenvalue weighted by Crippen LogP contribution is -2.38. The standard InChI is InChI=1S/C27H22F3NO3/c28-19-4-1-17(2-5-19)25-21-7-6-20(34-14-11-31-9-12-33-13-10-31)16-22(21)27(32)26(25)18-3-8-23(29)24(30)15-18/h1-8,15-16H,9-14H2. The zero-order chi connectivity index (χ0) is 23.7. The van der Waals surface area contributed by atoms with Gasteiger partial charge in [0.15, 0.2) is 17.4 Å². The number of halogens is 3. The molecule has 1 heterocycles. The Morgan fingerprint density at radius 2 is 1.53 bits per heavy atom. The molecule has 0 bridgehead atoms. The molecule has 0 aromatic heterocycles. The van der Waals surface area contributed by atoms with Gasteiger partial charge in [-0.1, -0.05) is 18.2 Å². The zero-order valence-electron chi connectivity index (χ0n) is 18.3. The molecule has 34 heavy (non-hydrogen) atoms. The molecule has 0 radical (unpaired) electrons. The van der Waals surface area contributed by atoms with E-state index < -0.39 is 17.5 Å². The molecule has 1 saturated heterocycles. The number of ketones is 1. The Bertz CT molecular complexity index is 1260. The number of Topliss-reactive ketones (excluding diaryl/α,β-unsaturated/α-hetero) is 1. The smallest absolute Gasteiger partial charge is 0.195 e. The van der Waals surface area contributed by atoms with Crippen molar-refractivity contribution in [2.45, 2.75) is 0 Å². The first-order valence-corrected chi connectivity index (χ1v) is 11.1. The first-order chi connectivity index (χ1) is 16.5. The quantitative estimate of drug-likeness (QED) is 0.515. The van der Waals surface area contributed by atoms with Gasteiger partial charge in [0, 0.05) is 36.3 Å². The molecule has 0 amide bonds. The van der Waals surface area contributed by atoms with Gasteiger partial charge in [-0.25, -0.2) is 13.2 Å². The molecule has 4 nitrogen and oxygen atoms in total. The molecule has 3 aromatic rings. The number of ether oxygens (including phenoxy) is 2. The van der Waals surface area contributed by atoms with Gasteiger partial charge in [0.25, 0.3) is 0 Å². The Morgan fingerprint density at radius 1 is 0.794 bits per heavy atom. The molecule has 1 fully saturated rings. The number of fused-ring (bicyclic) bond motifs is 1. The molecule has 1 aliphatic heterocycles. The Hall–Kier alpha value is -3.42. The fourth-order valence-electron chi connectivity index (χ4n) is 4.36. The summed E-state index contributed by atoms with van der Waals surface area (Å²) in [6.07, 6.45) is 0. The number of allylic oxidation sites excluding steroid dienone is 1. The molecule has 0 unspecified atom stereocenters. The number of hydrogen-bond donors (Lipinski definition) is 0. The highest BCUT2D eigenvalue weighted by atomic mass is 19.2. The predicted molar refractivity (Wildman–Crippen MR) is 122 cm³/mol. The Morgan fingerprint density at radius 3 is 2.26 bits per heavy atom. The average molecular weight is 465 g/mol. The summed E-state index contributed by atoms with van der Waals surface area (Å²) in [5.74, 6) is -2.22. The van der Waals surface area contributed by atoms with Crippen LogP contribution in [-0.2, 0) is 4.74 Å². The van der Waals surface area contributed by atoms with Gasteiger partial charge < -0.3 is 9.47 Å². The van der Waals surface area contributed by atoms with Gasteiger partial charge in [-0.3, -0.25) is 9.69 Å². The lowest BCUT2D eigenvalue weighted by atomic mass is 9.94. The number of benzene rings is 3. The van der Waals surface area contributed by atoms with Crippen LogP contribution in [0.25, 0.3) is 11.1 Å². The highest BCUT2D eigenvalue weighted by Gasteiger charge is 2.32. The van der Waals surface area contributed by atoms with Gasteiger partial charge in [-0.15, -0.1) is 0 Å². The normalized spacial score (nSPS) is 16.1. The van der Waals surface area contributed by atoms with E-state index >= 15 is 0 Å². The van der Waals surface area contributed by atoms with Gasteiger partial charge in [-0.2, -0.15) is 0 Å². The van der Waals surface area contributed by atoms with E-state index in [2.05, 4.69) is 4.90 Å². The van der Waals surface area contributed by atoms with E-state index in [1.165, 1.54) is 18.2 Å². The van der Waals surface area contributed by atoms with Crippen LogP contribution in [0.2, 0.25) is 0 Å². The van der Waals surface area contributed by atoms with Crippen molar-refractivity contribution in [1.82, 2.24) is 4.90 Å². The Labute approximate surface area is 195 Å². The minimum atomic E-state index is -1.04. The van der Waals surface area contributed by atoms with Gasteiger partial charge in [0.05, 0.1) is 13.2 Å². The van der Waals surface area contributed by atoms with Crippen LogP contribution < -0.4 is 4.74 Å². The summed E-state index contributed by atoms with van der Waals surface area (Å²) in [7, 11) is 0. The maximum atomic E-state index is 14.0. The number of carbonyl (C=O) groups excluding carboxylic acids is 1. The van der Waals surface area contributed by atoms with Crippen LogP contribution in [0.3, 0.4) is 0 Å². The van der Waals surface area contributed by atoms with Gasteiger partial charge in [-0.05, 0) is 59.2 Å². The van der Waals surface area contributed by atoms with Crippen molar-refractivity contribution < 1.29 is 27.4 Å². The van der Waals surface area contributed by atoms with E-state index in [0.29, 0.717) is 47.8 Å². The summed E-state index contributed by atoms with van der Waals surface area (Å²) in [5.41, 5.74) is 2.69.